The average molecular weight is 378 g/mol. The molecular weight excluding hydrogens is 358 g/mol. The van der Waals surface area contributed by atoms with Crippen LogP contribution in [0.15, 0.2) is 11.3 Å². The molecule has 118 valence electrons. The van der Waals surface area contributed by atoms with Crippen molar-refractivity contribution in [2.75, 3.05) is 32.4 Å². The number of carbonyl (C=O) groups excluding carboxylic acids is 2. The minimum absolute atomic E-state index is 0. The summed E-state index contributed by atoms with van der Waals surface area (Å²) in [5, 5.41) is 11.2. The number of carboxylic acids is 1. The largest absolute Gasteiger partial charge is 0.543 e. The molecule has 0 bridgehead atoms. The highest BCUT2D eigenvalue weighted by molar-refractivity contribution is 8.93. The number of thioether (sulfide) groups is 1. The summed E-state index contributed by atoms with van der Waals surface area (Å²) in [5.74, 6) is -0.932. The summed E-state index contributed by atoms with van der Waals surface area (Å²) in [6.07, 6.45) is 2.35. The van der Waals surface area contributed by atoms with E-state index in [4.69, 9.17) is 5.73 Å². The fourth-order valence-electron chi connectivity index (χ4n) is 3.41. The maximum Gasteiger partial charge on any atom is 0.248 e. The Morgan fingerprint density at radius 3 is 2.67 bits per heavy atom. The van der Waals surface area contributed by atoms with Crippen molar-refractivity contribution in [1.29, 1.82) is 0 Å². The van der Waals surface area contributed by atoms with E-state index in [9.17, 15) is 14.7 Å². The Morgan fingerprint density at radius 1 is 1.48 bits per heavy atom. The lowest BCUT2D eigenvalue weighted by molar-refractivity contribution is -0.893. The zero-order chi connectivity index (χ0) is 14.5. The number of quaternary nitrogens is 1. The number of likely N-dealkylation sites (tertiary alicyclic amines) is 1. The third kappa shape index (κ3) is 2.74. The molecule has 0 aromatic heterocycles. The summed E-state index contributed by atoms with van der Waals surface area (Å²) in [4.78, 5) is 24.6. The van der Waals surface area contributed by atoms with Crippen molar-refractivity contribution in [3.05, 3.63) is 11.3 Å². The first-order valence-electron chi connectivity index (χ1n) is 6.90. The van der Waals surface area contributed by atoms with Crippen molar-refractivity contribution in [3.8, 4) is 0 Å². The van der Waals surface area contributed by atoms with E-state index in [2.05, 4.69) is 7.05 Å². The average Bonchev–Trinajstić information content (AvgIpc) is 2.83. The van der Waals surface area contributed by atoms with Gasteiger partial charge in [-0.3, -0.25) is 9.69 Å². The molecular formula is C13H20BrN3O3S. The number of likely N-dealkylation sites (N-methyl/N-ethyl adjacent to an activating group) is 1. The zero-order valence-electron chi connectivity index (χ0n) is 11.9. The van der Waals surface area contributed by atoms with E-state index < -0.39 is 12.0 Å². The fourth-order valence-corrected chi connectivity index (χ4v) is 4.69. The lowest BCUT2D eigenvalue weighted by atomic mass is 10.0. The Bertz CT molecular complexity index is 505. The Hall–Kier alpha value is -0.570. The van der Waals surface area contributed by atoms with Crippen LogP contribution >= 0.6 is 28.7 Å². The smallest absolute Gasteiger partial charge is 0.248 e. The molecule has 2 atom stereocenters. The van der Waals surface area contributed by atoms with Crippen LogP contribution in [0.3, 0.4) is 0 Å². The quantitative estimate of drug-likeness (QED) is 0.506. The van der Waals surface area contributed by atoms with Gasteiger partial charge in [0.05, 0.1) is 31.8 Å². The molecule has 0 radical (unpaired) electrons. The third-order valence-corrected chi connectivity index (χ3v) is 5.86. The van der Waals surface area contributed by atoms with Crippen LogP contribution in [-0.4, -0.2) is 65.1 Å². The molecule has 0 aromatic rings. The Labute approximate surface area is 138 Å². The minimum atomic E-state index is -1.25. The Morgan fingerprint density at radius 2 is 2.10 bits per heavy atom. The van der Waals surface area contributed by atoms with Gasteiger partial charge in [-0.2, -0.15) is 0 Å². The van der Waals surface area contributed by atoms with Crippen molar-refractivity contribution < 1.29 is 19.2 Å². The van der Waals surface area contributed by atoms with E-state index in [1.165, 1.54) is 17.7 Å². The van der Waals surface area contributed by atoms with Gasteiger partial charge in [0.2, 0.25) is 5.91 Å². The summed E-state index contributed by atoms with van der Waals surface area (Å²) in [7, 11) is 2.15. The second kappa shape index (κ2) is 5.91. The van der Waals surface area contributed by atoms with E-state index >= 15 is 0 Å². The summed E-state index contributed by atoms with van der Waals surface area (Å²) in [6.45, 7) is 2.80. The fraction of sp³-hybridized carbons (Fsp3) is 0.692. The molecule has 0 spiro atoms. The number of halogens is 1. The van der Waals surface area contributed by atoms with Crippen molar-refractivity contribution >= 4 is 40.6 Å². The van der Waals surface area contributed by atoms with Gasteiger partial charge in [-0.15, -0.1) is 28.7 Å². The number of rotatable bonds is 3. The SMILES string of the molecule is Br.C[N+]1(CC2=C(C(=O)[O-])N3C(=O)[C@@H](N)[C@H]3SC2)CCCC1. The van der Waals surface area contributed by atoms with E-state index in [0.29, 0.717) is 12.3 Å². The zero-order valence-corrected chi connectivity index (χ0v) is 14.4. The van der Waals surface area contributed by atoms with Crippen LogP contribution in [0, 0.1) is 0 Å². The standard InChI is InChI=1S/C13H19N3O3S.BrH/c1-16(4-2-3-5-16)6-8-7-20-12-9(14)11(17)15(12)10(8)13(18)19;/h9,12H,2-7,14H2,1H3;1H/t9-,12-;/m1./s1. The molecule has 8 heteroatoms. The number of amides is 1. The Kier molecular flexibility index (Phi) is 4.72. The predicted molar refractivity (Wildman–Crippen MR) is 83.4 cm³/mol. The van der Waals surface area contributed by atoms with Gasteiger partial charge in [0.15, 0.2) is 0 Å². The van der Waals surface area contributed by atoms with Gasteiger partial charge < -0.3 is 20.1 Å². The van der Waals surface area contributed by atoms with Gasteiger partial charge in [0, 0.05) is 24.2 Å². The number of carboxylic acid groups (broad SMARTS) is 1. The van der Waals surface area contributed by atoms with Crippen LogP contribution in [0.4, 0.5) is 0 Å². The van der Waals surface area contributed by atoms with Crippen LogP contribution in [0.25, 0.3) is 0 Å². The number of fused-ring (bicyclic) bond motifs is 1. The summed E-state index contributed by atoms with van der Waals surface area (Å²) >= 11 is 1.56. The molecule has 0 saturated carbocycles. The maximum atomic E-state index is 11.8. The predicted octanol–water partition coefficient (Wildman–Crippen LogP) is -0.949. The van der Waals surface area contributed by atoms with Gasteiger partial charge in [0.1, 0.15) is 18.0 Å². The van der Waals surface area contributed by atoms with E-state index in [1.54, 1.807) is 11.8 Å². The van der Waals surface area contributed by atoms with Crippen LogP contribution in [-0.2, 0) is 9.59 Å². The number of nitrogens with zero attached hydrogens (tertiary/aromatic N) is 2. The van der Waals surface area contributed by atoms with Gasteiger partial charge in [-0.05, 0) is 0 Å². The summed E-state index contributed by atoms with van der Waals surface area (Å²) < 4.78 is 0.853. The van der Waals surface area contributed by atoms with Crippen molar-refractivity contribution in [1.82, 2.24) is 4.90 Å². The first-order valence-corrected chi connectivity index (χ1v) is 7.95. The van der Waals surface area contributed by atoms with Crippen LogP contribution in [0.5, 0.6) is 0 Å². The van der Waals surface area contributed by atoms with Gasteiger partial charge in [-0.25, -0.2) is 0 Å². The van der Waals surface area contributed by atoms with E-state index in [0.717, 1.165) is 23.1 Å². The number of β-lactam (4-membered cyclic amide) rings is 1. The van der Waals surface area contributed by atoms with Crippen molar-refractivity contribution in [2.24, 2.45) is 5.73 Å². The van der Waals surface area contributed by atoms with Gasteiger partial charge in [0.25, 0.3) is 0 Å². The summed E-state index contributed by atoms with van der Waals surface area (Å²) in [6, 6.07) is -0.576. The highest BCUT2D eigenvalue weighted by atomic mass is 79.9. The normalized spacial score (nSPS) is 30.6. The molecule has 6 nitrogen and oxygen atoms in total. The maximum absolute atomic E-state index is 11.8. The van der Waals surface area contributed by atoms with Crippen LogP contribution in [0.2, 0.25) is 0 Å². The van der Waals surface area contributed by atoms with Crippen molar-refractivity contribution in [3.63, 3.8) is 0 Å². The second-order valence-electron chi connectivity index (χ2n) is 6.11. The molecule has 1 amide bonds. The molecule has 2 N–H and O–H groups in total. The number of nitrogens with two attached hydrogens (primary N) is 1. The highest BCUT2D eigenvalue weighted by Gasteiger charge is 2.50. The van der Waals surface area contributed by atoms with Crippen LogP contribution < -0.4 is 10.8 Å². The molecule has 2 saturated heterocycles. The van der Waals surface area contributed by atoms with E-state index in [-0.39, 0.29) is 34.0 Å². The van der Waals surface area contributed by atoms with Gasteiger partial charge in [-0.1, -0.05) is 0 Å². The molecule has 0 aliphatic carbocycles. The van der Waals surface area contributed by atoms with Crippen LogP contribution in [0.1, 0.15) is 12.8 Å². The monoisotopic (exact) mass is 377 g/mol. The second-order valence-corrected chi connectivity index (χ2v) is 7.21. The molecule has 2 fully saturated rings. The number of aliphatic carboxylic acids is 1. The third-order valence-electron chi connectivity index (χ3n) is 4.50. The molecule has 3 rings (SSSR count). The van der Waals surface area contributed by atoms with Gasteiger partial charge >= 0.3 is 0 Å². The molecule has 0 aromatic carbocycles. The molecule has 21 heavy (non-hydrogen) atoms. The topological polar surface area (TPSA) is 86.5 Å². The minimum Gasteiger partial charge on any atom is -0.543 e. The Balaban J connectivity index is 0.00000161. The van der Waals surface area contributed by atoms with Crippen molar-refractivity contribution in [2.45, 2.75) is 24.3 Å². The number of hydrogen-bond acceptors (Lipinski definition) is 5. The molecule has 3 aliphatic heterocycles. The number of hydrogen-bond donors (Lipinski definition) is 1. The molecule has 3 aliphatic rings. The molecule has 3 heterocycles. The van der Waals surface area contributed by atoms with E-state index in [1.807, 2.05) is 0 Å². The lowest BCUT2D eigenvalue weighted by Crippen LogP contribution is -2.69. The lowest BCUT2D eigenvalue weighted by Gasteiger charge is -2.50. The first kappa shape index (κ1) is 16.8. The number of carbonyl (C=O) groups is 2. The highest BCUT2D eigenvalue weighted by Crippen LogP contribution is 2.40. The first-order chi connectivity index (χ1) is 9.43. The summed E-state index contributed by atoms with van der Waals surface area (Å²) in [5.41, 5.74) is 6.61. The molecule has 0 unspecified atom stereocenters.